The van der Waals surface area contributed by atoms with Crippen molar-refractivity contribution in [3.8, 4) is 0 Å². The Morgan fingerprint density at radius 1 is 1.14 bits per heavy atom. The second-order valence-corrected chi connectivity index (χ2v) is 8.37. The lowest BCUT2D eigenvalue weighted by Crippen LogP contribution is -2.35. The van der Waals surface area contributed by atoms with Gasteiger partial charge in [0.15, 0.2) is 4.34 Å². The van der Waals surface area contributed by atoms with E-state index in [2.05, 4.69) is 60.6 Å². The number of aromatic nitrogens is 2. The molecule has 0 aliphatic heterocycles. The molecular weight excluding hydrogens is 300 g/mol. The Morgan fingerprint density at radius 2 is 1.81 bits per heavy atom. The third kappa shape index (κ3) is 5.30. The molecule has 21 heavy (non-hydrogen) atoms. The highest BCUT2D eigenvalue weighted by molar-refractivity contribution is 8.01. The van der Waals surface area contributed by atoms with E-state index in [4.69, 9.17) is 0 Å². The van der Waals surface area contributed by atoms with Gasteiger partial charge in [0, 0.05) is 31.1 Å². The van der Waals surface area contributed by atoms with Crippen molar-refractivity contribution in [1.29, 1.82) is 0 Å². The molecule has 0 atom stereocenters. The number of rotatable bonds is 5. The van der Waals surface area contributed by atoms with Crippen molar-refractivity contribution < 1.29 is 0 Å². The van der Waals surface area contributed by atoms with Crippen molar-refractivity contribution in [3.63, 3.8) is 0 Å². The van der Waals surface area contributed by atoms with Crippen LogP contribution in [0.25, 0.3) is 0 Å². The van der Waals surface area contributed by atoms with Crippen LogP contribution in [0.5, 0.6) is 0 Å². The van der Waals surface area contributed by atoms with Crippen molar-refractivity contribution >= 4 is 28.2 Å². The van der Waals surface area contributed by atoms with E-state index in [0.717, 1.165) is 16.0 Å². The second kappa shape index (κ2) is 6.77. The zero-order chi connectivity index (χ0) is 15.5. The average molecular weight is 323 g/mol. The first-order valence-corrected chi connectivity index (χ1v) is 8.49. The molecule has 0 fully saturated rings. The Morgan fingerprint density at radius 3 is 2.33 bits per heavy atom. The molecule has 0 radical (unpaired) electrons. The van der Waals surface area contributed by atoms with Gasteiger partial charge in [-0.25, -0.2) is 0 Å². The van der Waals surface area contributed by atoms with Crippen LogP contribution in [0, 0.1) is 0 Å². The van der Waals surface area contributed by atoms with Crippen LogP contribution in [0.1, 0.15) is 26.3 Å². The summed E-state index contributed by atoms with van der Waals surface area (Å²) >= 11 is 3.26. The van der Waals surface area contributed by atoms with Crippen LogP contribution in [0.3, 0.4) is 0 Å². The maximum absolute atomic E-state index is 4.20. The van der Waals surface area contributed by atoms with Crippen LogP contribution < -0.4 is 10.2 Å². The smallest absolute Gasteiger partial charge is 0.208 e. The van der Waals surface area contributed by atoms with Gasteiger partial charge in [0.1, 0.15) is 0 Å². The van der Waals surface area contributed by atoms with Gasteiger partial charge in [-0.15, -0.1) is 10.2 Å². The number of hydrogen-bond acceptors (Lipinski definition) is 6. The maximum atomic E-state index is 4.20. The topological polar surface area (TPSA) is 41.1 Å². The number of anilines is 1. The average Bonchev–Trinajstić information content (AvgIpc) is 2.86. The number of benzene rings is 1. The molecule has 6 heteroatoms. The third-order valence-corrected chi connectivity index (χ3v) is 4.88. The molecule has 1 heterocycles. The highest BCUT2D eigenvalue weighted by atomic mass is 32.2. The van der Waals surface area contributed by atoms with Gasteiger partial charge in [-0.1, -0.05) is 35.2 Å². The van der Waals surface area contributed by atoms with E-state index in [1.165, 1.54) is 10.5 Å². The Labute approximate surface area is 135 Å². The van der Waals surface area contributed by atoms with E-state index in [1.54, 1.807) is 23.1 Å². The maximum Gasteiger partial charge on any atom is 0.208 e. The predicted octanol–water partition coefficient (Wildman–Crippen LogP) is 3.64. The minimum Gasteiger partial charge on any atom is -0.353 e. The summed E-state index contributed by atoms with van der Waals surface area (Å²) in [6, 6.07) is 8.60. The van der Waals surface area contributed by atoms with Gasteiger partial charge in [-0.05, 0) is 38.5 Å². The minimum absolute atomic E-state index is 0.141. The summed E-state index contributed by atoms with van der Waals surface area (Å²) in [6.07, 6.45) is 0. The van der Waals surface area contributed by atoms with Crippen LogP contribution in [0.2, 0.25) is 0 Å². The number of hydrogen-bond donors (Lipinski definition) is 1. The molecule has 1 aromatic carbocycles. The van der Waals surface area contributed by atoms with Crippen LogP contribution >= 0.6 is 23.1 Å². The minimum atomic E-state index is 0.141. The molecule has 0 amide bonds. The molecule has 0 spiro atoms. The summed E-state index contributed by atoms with van der Waals surface area (Å²) in [5, 5.41) is 12.8. The largest absolute Gasteiger partial charge is 0.353 e. The molecule has 0 aliphatic carbocycles. The van der Waals surface area contributed by atoms with E-state index < -0.39 is 0 Å². The first-order chi connectivity index (χ1) is 9.83. The Hall–Kier alpha value is -1.11. The van der Waals surface area contributed by atoms with Gasteiger partial charge < -0.3 is 10.2 Å². The lowest BCUT2D eigenvalue weighted by Gasteiger charge is -2.20. The molecule has 2 aromatic rings. The summed E-state index contributed by atoms with van der Waals surface area (Å²) < 4.78 is 0.972. The molecule has 0 saturated carbocycles. The molecule has 114 valence electrons. The zero-order valence-electron chi connectivity index (χ0n) is 13.2. The normalized spacial score (nSPS) is 11.7. The lowest BCUT2D eigenvalue weighted by molar-refractivity contribution is 0.424. The molecule has 4 nitrogen and oxygen atoms in total. The molecule has 1 N–H and O–H groups in total. The first kappa shape index (κ1) is 16.3. The molecule has 1 aromatic heterocycles. The molecule has 0 aliphatic rings. The lowest BCUT2D eigenvalue weighted by atomic mass is 10.1. The Bertz CT molecular complexity index is 570. The van der Waals surface area contributed by atoms with Gasteiger partial charge in [-0.2, -0.15) is 0 Å². The van der Waals surface area contributed by atoms with Gasteiger partial charge >= 0.3 is 0 Å². The van der Waals surface area contributed by atoms with Crippen molar-refractivity contribution in [2.45, 2.75) is 42.1 Å². The van der Waals surface area contributed by atoms with E-state index in [9.17, 15) is 0 Å². The molecular formula is C15H22N4S2. The van der Waals surface area contributed by atoms with Crippen molar-refractivity contribution in [1.82, 2.24) is 15.5 Å². The van der Waals surface area contributed by atoms with Gasteiger partial charge in [0.05, 0.1) is 0 Å². The quantitative estimate of drug-likeness (QED) is 0.910. The van der Waals surface area contributed by atoms with Crippen LogP contribution in [0.4, 0.5) is 5.13 Å². The van der Waals surface area contributed by atoms with Crippen molar-refractivity contribution in [3.05, 3.63) is 29.8 Å². The van der Waals surface area contributed by atoms with Gasteiger partial charge in [0.25, 0.3) is 0 Å². The van der Waals surface area contributed by atoms with E-state index in [-0.39, 0.29) is 5.54 Å². The fourth-order valence-electron chi connectivity index (χ4n) is 1.57. The van der Waals surface area contributed by atoms with E-state index in [0.29, 0.717) is 0 Å². The number of nitrogens with zero attached hydrogens (tertiary/aromatic N) is 3. The summed E-state index contributed by atoms with van der Waals surface area (Å²) in [5.41, 5.74) is 1.43. The molecule has 0 saturated heterocycles. The van der Waals surface area contributed by atoms with Crippen LogP contribution in [-0.4, -0.2) is 29.8 Å². The summed E-state index contributed by atoms with van der Waals surface area (Å²) in [6.45, 7) is 7.41. The van der Waals surface area contributed by atoms with Crippen molar-refractivity contribution in [2.24, 2.45) is 0 Å². The summed E-state index contributed by atoms with van der Waals surface area (Å²) in [7, 11) is 3.96. The molecule has 2 rings (SSSR count). The summed E-state index contributed by atoms with van der Waals surface area (Å²) in [4.78, 5) is 3.17. The Kier molecular flexibility index (Phi) is 5.24. The standard InChI is InChI=1S/C15H22N4S2/c1-15(2,3)16-10-11-6-8-12(9-7-11)20-14-18-17-13(21-14)19(4)5/h6-9,16H,10H2,1-5H3. The van der Waals surface area contributed by atoms with E-state index in [1.807, 2.05) is 19.0 Å². The van der Waals surface area contributed by atoms with Crippen molar-refractivity contribution in [2.75, 3.05) is 19.0 Å². The van der Waals surface area contributed by atoms with E-state index >= 15 is 0 Å². The molecule has 0 bridgehead atoms. The van der Waals surface area contributed by atoms with Crippen LogP contribution in [-0.2, 0) is 6.54 Å². The van der Waals surface area contributed by atoms with Gasteiger partial charge in [-0.3, -0.25) is 0 Å². The van der Waals surface area contributed by atoms with Gasteiger partial charge in [0.2, 0.25) is 5.13 Å². The Balaban J connectivity index is 1.95. The number of nitrogens with one attached hydrogen (secondary N) is 1. The first-order valence-electron chi connectivity index (χ1n) is 6.86. The monoisotopic (exact) mass is 322 g/mol. The SMILES string of the molecule is CN(C)c1nnc(Sc2ccc(CNC(C)(C)C)cc2)s1. The fraction of sp³-hybridized carbons (Fsp3) is 0.467. The zero-order valence-corrected chi connectivity index (χ0v) is 14.8. The van der Waals surface area contributed by atoms with Crippen LogP contribution in [0.15, 0.2) is 33.5 Å². The fourth-order valence-corrected chi connectivity index (χ4v) is 3.30. The third-order valence-electron chi connectivity index (χ3n) is 2.73. The highest BCUT2D eigenvalue weighted by Gasteiger charge is 2.09. The predicted molar refractivity (Wildman–Crippen MR) is 91.4 cm³/mol. The summed E-state index contributed by atoms with van der Waals surface area (Å²) in [5.74, 6) is 0. The second-order valence-electron chi connectivity index (χ2n) is 6.09. The molecule has 0 unspecified atom stereocenters. The highest BCUT2D eigenvalue weighted by Crippen LogP contribution is 2.32.